The summed E-state index contributed by atoms with van der Waals surface area (Å²) in [7, 11) is 1.65. The molecule has 1 aliphatic rings. The van der Waals surface area contributed by atoms with Crippen LogP contribution >= 0.6 is 0 Å². The Morgan fingerprint density at radius 1 is 1.11 bits per heavy atom. The molecule has 5 nitrogen and oxygen atoms in total. The van der Waals surface area contributed by atoms with E-state index >= 15 is 0 Å². The van der Waals surface area contributed by atoms with Crippen LogP contribution in [-0.4, -0.2) is 50.6 Å². The molecule has 0 aromatic heterocycles. The van der Waals surface area contributed by atoms with Gasteiger partial charge in [-0.05, 0) is 61.3 Å². The van der Waals surface area contributed by atoms with Gasteiger partial charge in [0.1, 0.15) is 5.75 Å². The van der Waals surface area contributed by atoms with Gasteiger partial charge >= 0.3 is 0 Å². The van der Waals surface area contributed by atoms with Gasteiger partial charge in [0.2, 0.25) is 5.91 Å². The molecule has 150 valence electrons. The second kappa shape index (κ2) is 9.60. The van der Waals surface area contributed by atoms with Gasteiger partial charge in [-0.15, -0.1) is 0 Å². The molecule has 1 heterocycles. The van der Waals surface area contributed by atoms with Crippen molar-refractivity contribution in [3.63, 3.8) is 0 Å². The molecule has 0 saturated carbocycles. The Morgan fingerprint density at radius 2 is 1.89 bits per heavy atom. The molecule has 1 aliphatic heterocycles. The van der Waals surface area contributed by atoms with Gasteiger partial charge < -0.3 is 19.9 Å². The van der Waals surface area contributed by atoms with Crippen LogP contribution in [0.1, 0.15) is 24.5 Å². The van der Waals surface area contributed by atoms with Gasteiger partial charge in [0.25, 0.3) is 0 Å². The van der Waals surface area contributed by atoms with E-state index in [1.807, 2.05) is 30.3 Å². The maximum Gasteiger partial charge on any atom is 0.224 e. The number of methoxy groups -OCH3 is 1. The van der Waals surface area contributed by atoms with Crippen molar-refractivity contribution in [1.29, 1.82) is 0 Å². The van der Waals surface area contributed by atoms with Crippen LogP contribution in [0.4, 0.5) is 11.4 Å². The van der Waals surface area contributed by atoms with Crippen molar-refractivity contribution in [2.45, 2.75) is 26.7 Å². The highest BCUT2D eigenvalue weighted by atomic mass is 16.5. The second-order valence-electron chi connectivity index (χ2n) is 7.32. The Hall–Kier alpha value is -2.53. The first-order chi connectivity index (χ1) is 13.6. The van der Waals surface area contributed by atoms with Crippen LogP contribution in [0.2, 0.25) is 0 Å². The SMILES string of the molecule is CCN1CCN(c2ccc(NC(=O)CCc3cccc(OC)c3)cc2C)CC1. The van der Waals surface area contributed by atoms with Gasteiger partial charge in [0, 0.05) is 44.0 Å². The number of rotatable bonds is 7. The van der Waals surface area contributed by atoms with Gasteiger partial charge in [-0.3, -0.25) is 4.79 Å². The molecular weight excluding hydrogens is 350 g/mol. The van der Waals surface area contributed by atoms with Crippen LogP contribution in [0.3, 0.4) is 0 Å². The predicted molar refractivity (Wildman–Crippen MR) is 115 cm³/mol. The summed E-state index contributed by atoms with van der Waals surface area (Å²) in [5, 5.41) is 3.03. The van der Waals surface area contributed by atoms with Crippen molar-refractivity contribution in [2.24, 2.45) is 0 Å². The van der Waals surface area contributed by atoms with Crippen LogP contribution in [0.5, 0.6) is 5.75 Å². The first-order valence-electron chi connectivity index (χ1n) is 10.1. The summed E-state index contributed by atoms with van der Waals surface area (Å²) in [5.41, 5.74) is 4.44. The molecule has 1 fully saturated rings. The maximum absolute atomic E-state index is 12.3. The number of carbonyl (C=O) groups is 1. The monoisotopic (exact) mass is 381 g/mol. The Labute approximate surface area is 168 Å². The molecule has 0 unspecified atom stereocenters. The lowest BCUT2D eigenvalue weighted by Crippen LogP contribution is -2.46. The van der Waals surface area contributed by atoms with Crippen LogP contribution < -0.4 is 15.0 Å². The average molecular weight is 382 g/mol. The summed E-state index contributed by atoms with van der Waals surface area (Å²) in [4.78, 5) is 17.3. The molecule has 0 aliphatic carbocycles. The molecule has 0 spiro atoms. The zero-order valence-electron chi connectivity index (χ0n) is 17.2. The van der Waals surface area contributed by atoms with Crippen LogP contribution in [-0.2, 0) is 11.2 Å². The lowest BCUT2D eigenvalue weighted by atomic mass is 10.1. The molecule has 0 atom stereocenters. The van der Waals surface area contributed by atoms with Crippen molar-refractivity contribution < 1.29 is 9.53 Å². The highest BCUT2D eigenvalue weighted by Crippen LogP contribution is 2.25. The summed E-state index contributed by atoms with van der Waals surface area (Å²) in [6.45, 7) is 9.78. The predicted octanol–water partition coefficient (Wildman–Crippen LogP) is 3.72. The van der Waals surface area contributed by atoms with Crippen molar-refractivity contribution in [3.05, 3.63) is 53.6 Å². The quantitative estimate of drug-likeness (QED) is 0.794. The fourth-order valence-corrected chi connectivity index (χ4v) is 3.70. The van der Waals surface area contributed by atoms with E-state index in [-0.39, 0.29) is 5.91 Å². The van der Waals surface area contributed by atoms with E-state index in [9.17, 15) is 4.79 Å². The fourth-order valence-electron chi connectivity index (χ4n) is 3.70. The largest absolute Gasteiger partial charge is 0.497 e. The standard InChI is InChI=1S/C23H31N3O2/c1-4-25-12-14-26(15-13-25)22-10-9-20(16-18(22)2)24-23(27)11-8-19-6-5-7-21(17-19)28-3/h5-7,9-10,16-17H,4,8,11-15H2,1-3H3,(H,24,27). The lowest BCUT2D eigenvalue weighted by molar-refractivity contribution is -0.116. The van der Waals surface area contributed by atoms with Crippen LogP contribution in [0.15, 0.2) is 42.5 Å². The Balaban J connectivity index is 1.54. The van der Waals surface area contributed by atoms with E-state index in [2.05, 4.69) is 41.1 Å². The van der Waals surface area contributed by atoms with E-state index in [0.717, 1.165) is 49.7 Å². The number of anilines is 2. The number of ether oxygens (including phenoxy) is 1. The third kappa shape index (κ3) is 5.26. The normalized spacial score (nSPS) is 14.8. The minimum Gasteiger partial charge on any atom is -0.497 e. The maximum atomic E-state index is 12.3. The number of hydrogen-bond acceptors (Lipinski definition) is 4. The number of nitrogens with one attached hydrogen (secondary N) is 1. The van der Waals surface area contributed by atoms with E-state index in [4.69, 9.17) is 4.74 Å². The fraction of sp³-hybridized carbons (Fsp3) is 0.435. The van der Waals surface area contributed by atoms with Crippen molar-refractivity contribution in [1.82, 2.24) is 4.90 Å². The van der Waals surface area contributed by atoms with Crippen molar-refractivity contribution in [3.8, 4) is 5.75 Å². The second-order valence-corrected chi connectivity index (χ2v) is 7.32. The van der Waals surface area contributed by atoms with E-state index in [0.29, 0.717) is 12.8 Å². The average Bonchev–Trinajstić information content (AvgIpc) is 2.73. The number of benzene rings is 2. The molecule has 5 heteroatoms. The van der Waals surface area contributed by atoms with E-state index in [1.54, 1.807) is 7.11 Å². The summed E-state index contributed by atoms with van der Waals surface area (Å²) in [6.07, 6.45) is 1.15. The zero-order valence-corrected chi connectivity index (χ0v) is 17.2. The molecule has 1 amide bonds. The number of hydrogen-bond donors (Lipinski definition) is 1. The summed E-state index contributed by atoms with van der Waals surface area (Å²) in [5.74, 6) is 0.857. The topological polar surface area (TPSA) is 44.8 Å². The molecule has 1 saturated heterocycles. The van der Waals surface area contributed by atoms with Gasteiger partial charge in [-0.1, -0.05) is 19.1 Å². The molecule has 3 rings (SSSR count). The van der Waals surface area contributed by atoms with Gasteiger partial charge in [0.05, 0.1) is 7.11 Å². The summed E-state index contributed by atoms with van der Waals surface area (Å²) in [6, 6.07) is 14.1. The Kier molecular flexibility index (Phi) is 6.93. The van der Waals surface area contributed by atoms with Crippen molar-refractivity contribution >= 4 is 17.3 Å². The first-order valence-corrected chi connectivity index (χ1v) is 10.1. The molecule has 0 bridgehead atoms. The minimum atomic E-state index is 0.0338. The zero-order chi connectivity index (χ0) is 19.9. The van der Waals surface area contributed by atoms with Crippen LogP contribution in [0.25, 0.3) is 0 Å². The number of likely N-dealkylation sites (N-methyl/N-ethyl adjacent to an activating group) is 1. The van der Waals surface area contributed by atoms with Crippen LogP contribution in [0, 0.1) is 6.92 Å². The smallest absolute Gasteiger partial charge is 0.224 e. The number of aryl methyl sites for hydroxylation is 2. The molecule has 2 aromatic rings. The first kappa shape index (κ1) is 20.2. The number of nitrogens with zero attached hydrogens (tertiary/aromatic N) is 2. The number of amides is 1. The lowest BCUT2D eigenvalue weighted by Gasteiger charge is -2.36. The van der Waals surface area contributed by atoms with Gasteiger partial charge in [0.15, 0.2) is 0 Å². The van der Waals surface area contributed by atoms with E-state index in [1.165, 1.54) is 11.3 Å². The number of carbonyl (C=O) groups excluding carboxylic acids is 1. The highest BCUT2D eigenvalue weighted by molar-refractivity contribution is 5.91. The number of piperazine rings is 1. The third-order valence-electron chi connectivity index (χ3n) is 5.42. The highest BCUT2D eigenvalue weighted by Gasteiger charge is 2.17. The molecule has 28 heavy (non-hydrogen) atoms. The summed E-state index contributed by atoms with van der Waals surface area (Å²) >= 11 is 0. The van der Waals surface area contributed by atoms with Crippen molar-refractivity contribution in [2.75, 3.05) is 50.1 Å². The third-order valence-corrected chi connectivity index (χ3v) is 5.42. The molecule has 0 radical (unpaired) electrons. The molecular formula is C23H31N3O2. The van der Waals surface area contributed by atoms with Gasteiger partial charge in [-0.2, -0.15) is 0 Å². The van der Waals surface area contributed by atoms with Gasteiger partial charge in [-0.25, -0.2) is 0 Å². The minimum absolute atomic E-state index is 0.0338. The molecule has 1 N–H and O–H groups in total. The Morgan fingerprint density at radius 3 is 2.57 bits per heavy atom. The molecule has 2 aromatic carbocycles. The Bertz CT molecular complexity index is 798. The summed E-state index contributed by atoms with van der Waals surface area (Å²) < 4.78 is 5.24. The van der Waals surface area contributed by atoms with E-state index < -0.39 is 0 Å².